The first-order valence-electron chi connectivity index (χ1n) is 6.71. The van der Waals surface area contributed by atoms with Crippen LogP contribution in [0.3, 0.4) is 0 Å². The molecule has 1 aromatic heterocycles. The molecule has 3 aromatic rings. The lowest BCUT2D eigenvalue weighted by Gasteiger charge is -2.12. The van der Waals surface area contributed by atoms with Crippen molar-refractivity contribution in [3.63, 3.8) is 0 Å². The number of fused-ring (bicyclic) bond motifs is 1. The van der Waals surface area contributed by atoms with E-state index in [9.17, 15) is 0 Å². The zero-order valence-electron chi connectivity index (χ0n) is 12.4. The third-order valence-corrected chi connectivity index (χ3v) is 3.82. The molecule has 21 heavy (non-hydrogen) atoms. The number of nitrogens with zero attached hydrogens (tertiary/aromatic N) is 1. The fourth-order valence-electron chi connectivity index (χ4n) is 2.50. The molecule has 0 fully saturated rings. The first-order chi connectivity index (χ1) is 9.70. The highest BCUT2D eigenvalue weighted by atomic mass is 35.5. The van der Waals surface area contributed by atoms with Crippen LogP contribution in [0.5, 0.6) is 5.75 Å². The second-order valence-corrected chi connectivity index (χ2v) is 4.96. The number of ether oxygens (including phenoxy) is 1. The van der Waals surface area contributed by atoms with E-state index in [1.165, 1.54) is 16.5 Å². The van der Waals surface area contributed by atoms with Gasteiger partial charge in [-0.2, -0.15) is 0 Å². The van der Waals surface area contributed by atoms with Crippen LogP contribution in [0.25, 0.3) is 22.2 Å². The van der Waals surface area contributed by atoms with E-state index >= 15 is 0 Å². The molecule has 0 bridgehead atoms. The minimum absolute atomic E-state index is 0. The fourth-order valence-corrected chi connectivity index (χ4v) is 2.50. The number of benzene rings is 2. The Labute approximate surface area is 131 Å². The van der Waals surface area contributed by atoms with Crippen LogP contribution in [0.2, 0.25) is 0 Å². The number of para-hydroxylation sites is 1. The third kappa shape index (κ3) is 2.72. The van der Waals surface area contributed by atoms with Gasteiger partial charge in [-0.3, -0.25) is 0 Å². The van der Waals surface area contributed by atoms with Crippen molar-refractivity contribution in [3.05, 3.63) is 59.7 Å². The van der Waals surface area contributed by atoms with Gasteiger partial charge in [0.1, 0.15) is 5.75 Å². The lowest BCUT2D eigenvalue weighted by molar-refractivity contribution is 0.415. The summed E-state index contributed by atoms with van der Waals surface area (Å²) >= 11 is 0. The third-order valence-electron chi connectivity index (χ3n) is 3.82. The minimum atomic E-state index is 0. The Bertz CT molecular complexity index is 766. The smallest absolute Gasteiger partial charge is 0.118 e. The van der Waals surface area contributed by atoms with Gasteiger partial charge in [-0.1, -0.05) is 18.2 Å². The van der Waals surface area contributed by atoms with E-state index in [0.717, 1.165) is 22.5 Å². The topological polar surface area (TPSA) is 22.1 Å². The van der Waals surface area contributed by atoms with Crippen LogP contribution in [0.1, 0.15) is 11.1 Å². The first kappa shape index (κ1) is 15.3. The average molecular weight is 300 g/mol. The molecule has 2 nitrogen and oxygen atoms in total. The van der Waals surface area contributed by atoms with Crippen LogP contribution in [0.4, 0.5) is 0 Å². The van der Waals surface area contributed by atoms with Gasteiger partial charge in [-0.05, 0) is 55.3 Å². The molecule has 2 aromatic carbocycles. The summed E-state index contributed by atoms with van der Waals surface area (Å²) < 4.78 is 5.21. The van der Waals surface area contributed by atoms with Gasteiger partial charge >= 0.3 is 0 Å². The molecule has 0 aliphatic heterocycles. The molecule has 0 N–H and O–H groups in total. The van der Waals surface area contributed by atoms with Crippen molar-refractivity contribution in [2.45, 2.75) is 13.8 Å². The molecular weight excluding hydrogens is 282 g/mol. The maximum absolute atomic E-state index is 5.21. The second-order valence-electron chi connectivity index (χ2n) is 4.96. The largest absolute Gasteiger partial charge is 0.497 e. The summed E-state index contributed by atoms with van der Waals surface area (Å²) in [5.74, 6) is 0.865. The summed E-state index contributed by atoms with van der Waals surface area (Å²) in [7, 11) is 1.68. The van der Waals surface area contributed by atoms with Crippen molar-refractivity contribution < 1.29 is 4.74 Å². The molecule has 0 amide bonds. The number of aromatic nitrogens is 1. The van der Waals surface area contributed by atoms with E-state index in [-0.39, 0.29) is 12.4 Å². The zero-order chi connectivity index (χ0) is 14.1. The van der Waals surface area contributed by atoms with Crippen molar-refractivity contribution in [2.75, 3.05) is 7.11 Å². The summed E-state index contributed by atoms with van der Waals surface area (Å²) in [5, 5.41) is 1.22. The van der Waals surface area contributed by atoms with Crippen molar-refractivity contribution in [2.24, 2.45) is 0 Å². The molecule has 0 unspecified atom stereocenters. The van der Waals surface area contributed by atoms with Crippen LogP contribution in [-0.4, -0.2) is 12.1 Å². The highest BCUT2D eigenvalue weighted by Gasteiger charge is 2.10. The zero-order valence-corrected chi connectivity index (χ0v) is 13.2. The first-order valence-corrected chi connectivity index (χ1v) is 6.71. The monoisotopic (exact) mass is 299 g/mol. The SMILES string of the molecule is COc1ccc(-c2nc3ccccc3c(C)c2C)cc1.Cl. The van der Waals surface area contributed by atoms with Crippen LogP contribution in [0, 0.1) is 13.8 Å². The number of rotatable bonds is 2. The quantitative estimate of drug-likeness (QED) is 0.668. The van der Waals surface area contributed by atoms with Crippen molar-refractivity contribution >= 4 is 23.3 Å². The minimum Gasteiger partial charge on any atom is -0.497 e. The molecule has 1 heterocycles. The second kappa shape index (κ2) is 6.15. The Kier molecular flexibility index (Phi) is 4.49. The number of hydrogen-bond acceptors (Lipinski definition) is 2. The number of pyridine rings is 1. The maximum atomic E-state index is 5.21. The Morgan fingerprint density at radius 1 is 0.857 bits per heavy atom. The molecule has 3 heteroatoms. The van der Waals surface area contributed by atoms with Gasteiger partial charge in [0.2, 0.25) is 0 Å². The number of hydrogen-bond donors (Lipinski definition) is 0. The Morgan fingerprint density at radius 2 is 1.52 bits per heavy atom. The number of methoxy groups -OCH3 is 1. The molecule has 3 rings (SSSR count). The Hall–Kier alpha value is -2.06. The Morgan fingerprint density at radius 3 is 2.19 bits per heavy atom. The van der Waals surface area contributed by atoms with Crippen LogP contribution >= 0.6 is 12.4 Å². The molecule has 0 saturated carbocycles. The van der Waals surface area contributed by atoms with Crippen LogP contribution in [-0.2, 0) is 0 Å². The molecule has 0 atom stereocenters. The van der Waals surface area contributed by atoms with Gasteiger partial charge in [0.05, 0.1) is 18.3 Å². The van der Waals surface area contributed by atoms with Gasteiger partial charge in [-0.25, -0.2) is 4.98 Å². The van der Waals surface area contributed by atoms with Gasteiger partial charge in [0.25, 0.3) is 0 Å². The van der Waals surface area contributed by atoms with Gasteiger partial charge in [0.15, 0.2) is 0 Å². The van der Waals surface area contributed by atoms with E-state index in [0.29, 0.717) is 0 Å². The van der Waals surface area contributed by atoms with E-state index in [1.54, 1.807) is 7.11 Å². The molecule has 0 aliphatic rings. The number of halogens is 1. The summed E-state index contributed by atoms with van der Waals surface area (Å²) in [6.07, 6.45) is 0. The highest BCUT2D eigenvalue weighted by molar-refractivity contribution is 5.87. The normalized spacial score (nSPS) is 10.2. The lowest BCUT2D eigenvalue weighted by atomic mass is 9.99. The van der Waals surface area contributed by atoms with E-state index < -0.39 is 0 Å². The molecule has 108 valence electrons. The van der Waals surface area contributed by atoms with E-state index in [4.69, 9.17) is 9.72 Å². The fraction of sp³-hybridized carbons (Fsp3) is 0.167. The van der Waals surface area contributed by atoms with Crippen molar-refractivity contribution in [3.8, 4) is 17.0 Å². The summed E-state index contributed by atoms with van der Waals surface area (Å²) in [4.78, 5) is 4.82. The van der Waals surface area contributed by atoms with E-state index in [2.05, 4.69) is 44.2 Å². The summed E-state index contributed by atoms with van der Waals surface area (Å²) in [5.41, 5.74) is 5.73. The van der Waals surface area contributed by atoms with Crippen LogP contribution in [0.15, 0.2) is 48.5 Å². The van der Waals surface area contributed by atoms with Crippen molar-refractivity contribution in [1.82, 2.24) is 4.98 Å². The average Bonchev–Trinajstić information content (AvgIpc) is 2.51. The molecule has 0 aliphatic carbocycles. The van der Waals surface area contributed by atoms with Crippen molar-refractivity contribution in [1.29, 1.82) is 0 Å². The predicted molar refractivity (Wildman–Crippen MR) is 90.5 cm³/mol. The van der Waals surface area contributed by atoms with E-state index in [1.807, 2.05) is 18.2 Å². The molecule has 0 spiro atoms. The Balaban J connectivity index is 0.00000161. The summed E-state index contributed by atoms with van der Waals surface area (Å²) in [6.45, 7) is 4.29. The maximum Gasteiger partial charge on any atom is 0.118 e. The molecule has 0 saturated heterocycles. The molecular formula is C18H18ClNO. The van der Waals surface area contributed by atoms with Gasteiger partial charge < -0.3 is 4.74 Å². The standard InChI is InChI=1S/C18H17NO.ClH/c1-12-13(2)18(14-8-10-15(20-3)11-9-14)19-17-7-5-4-6-16(12)17;/h4-11H,1-3H3;1H. The molecule has 0 radical (unpaired) electrons. The predicted octanol–water partition coefficient (Wildman–Crippen LogP) is 4.95. The van der Waals surface area contributed by atoms with Crippen LogP contribution < -0.4 is 4.74 Å². The highest BCUT2D eigenvalue weighted by Crippen LogP contribution is 2.29. The van der Waals surface area contributed by atoms with Gasteiger partial charge in [0, 0.05) is 10.9 Å². The van der Waals surface area contributed by atoms with Gasteiger partial charge in [-0.15, -0.1) is 12.4 Å². The lowest BCUT2D eigenvalue weighted by Crippen LogP contribution is -1.94. The summed E-state index contributed by atoms with van der Waals surface area (Å²) in [6, 6.07) is 16.3. The number of aryl methyl sites for hydroxylation is 1.